The normalized spacial score (nSPS) is 11.8. The monoisotopic (exact) mass is 401 g/mol. The number of pyridine rings is 2. The number of hydrogen-bond acceptors (Lipinski definition) is 2. The van der Waals surface area contributed by atoms with E-state index in [1.54, 1.807) is 0 Å². The predicted octanol–water partition coefficient (Wildman–Crippen LogP) is 6.98. The number of fused-ring (bicyclic) bond motifs is 7. The molecular formula is C28H23N3. The molecule has 0 amide bonds. The largest absolute Gasteiger partial charge is 0.292 e. The first-order chi connectivity index (χ1) is 15.3. The van der Waals surface area contributed by atoms with Gasteiger partial charge in [-0.3, -0.25) is 9.38 Å². The van der Waals surface area contributed by atoms with Crippen LogP contribution in [0.5, 0.6) is 0 Å². The molecule has 3 aromatic heterocycles. The molecule has 0 atom stereocenters. The minimum absolute atomic E-state index is 0.992. The number of nitrogens with zero attached hydrogens (tertiary/aromatic N) is 3. The van der Waals surface area contributed by atoms with E-state index in [0.29, 0.717) is 0 Å². The number of aromatic nitrogens is 3. The summed E-state index contributed by atoms with van der Waals surface area (Å²) in [7, 11) is 0. The Morgan fingerprint density at radius 1 is 0.742 bits per heavy atom. The summed E-state index contributed by atoms with van der Waals surface area (Å²) in [5, 5.41) is 4.79. The van der Waals surface area contributed by atoms with Gasteiger partial charge in [0.2, 0.25) is 0 Å². The highest BCUT2D eigenvalue weighted by molar-refractivity contribution is 6.15. The van der Waals surface area contributed by atoms with Crippen molar-refractivity contribution in [2.45, 2.75) is 26.7 Å². The van der Waals surface area contributed by atoms with Crippen molar-refractivity contribution < 1.29 is 0 Å². The minimum atomic E-state index is 0.992. The summed E-state index contributed by atoms with van der Waals surface area (Å²) in [6.45, 7) is 4.46. The molecule has 0 saturated heterocycles. The van der Waals surface area contributed by atoms with Crippen LogP contribution in [-0.2, 0) is 12.8 Å². The van der Waals surface area contributed by atoms with E-state index in [2.05, 4.69) is 90.1 Å². The minimum Gasteiger partial charge on any atom is -0.292 e. The molecule has 0 aliphatic heterocycles. The molecule has 3 heteroatoms. The Morgan fingerprint density at radius 2 is 1.52 bits per heavy atom. The Kier molecular flexibility index (Phi) is 4.03. The maximum absolute atomic E-state index is 4.95. The van der Waals surface area contributed by atoms with E-state index in [0.717, 1.165) is 40.6 Å². The lowest BCUT2D eigenvalue weighted by Gasteiger charge is -2.16. The summed E-state index contributed by atoms with van der Waals surface area (Å²) in [5.41, 5.74) is 8.36. The summed E-state index contributed by atoms with van der Waals surface area (Å²) in [4.78, 5) is 9.59. The molecule has 0 saturated carbocycles. The maximum Gasteiger partial charge on any atom is 0.145 e. The van der Waals surface area contributed by atoms with Gasteiger partial charge in [-0.25, -0.2) is 4.98 Å². The molecule has 3 heterocycles. The van der Waals surface area contributed by atoms with Gasteiger partial charge in [0.25, 0.3) is 0 Å². The lowest BCUT2D eigenvalue weighted by atomic mass is 9.95. The van der Waals surface area contributed by atoms with Crippen molar-refractivity contribution in [1.82, 2.24) is 14.4 Å². The summed E-state index contributed by atoms with van der Waals surface area (Å²) < 4.78 is 2.35. The fraction of sp³-hybridized carbons (Fsp3) is 0.143. The predicted molar refractivity (Wildman–Crippen MR) is 130 cm³/mol. The summed E-state index contributed by atoms with van der Waals surface area (Å²) >= 11 is 0. The molecule has 0 aliphatic rings. The Morgan fingerprint density at radius 3 is 2.29 bits per heavy atom. The fourth-order valence-electron chi connectivity index (χ4n) is 4.96. The van der Waals surface area contributed by atoms with Crippen molar-refractivity contribution in [2.24, 2.45) is 0 Å². The Hall–Kier alpha value is -3.72. The zero-order chi connectivity index (χ0) is 20.9. The van der Waals surface area contributed by atoms with Crippen LogP contribution in [0, 0.1) is 0 Å². The smallest absolute Gasteiger partial charge is 0.145 e. The van der Waals surface area contributed by atoms with Gasteiger partial charge in [0.15, 0.2) is 0 Å². The van der Waals surface area contributed by atoms with Gasteiger partial charge >= 0.3 is 0 Å². The first kappa shape index (κ1) is 18.1. The second-order valence-corrected chi connectivity index (χ2v) is 8.07. The van der Waals surface area contributed by atoms with Gasteiger partial charge < -0.3 is 0 Å². The quantitative estimate of drug-likeness (QED) is 0.236. The Labute approximate surface area is 181 Å². The van der Waals surface area contributed by atoms with Gasteiger partial charge in [-0.2, -0.15) is 0 Å². The van der Waals surface area contributed by atoms with E-state index in [-0.39, 0.29) is 0 Å². The number of hydrogen-bond donors (Lipinski definition) is 0. The molecule has 3 nitrogen and oxygen atoms in total. The van der Waals surface area contributed by atoms with Crippen LogP contribution in [0.25, 0.3) is 49.5 Å². The maximum atomic E-state index is 4.95. The summed E-state index contributed by atoms with van der Waals surface area (Å²) in [6.07, 6.45) is 5.90. The van der Waals surface area contributed by atoms with Crippen LogP contribution < -0.4 is 0 Å². The SMILES string of the molecule is CCc1cccc(CC)c1-c1cnc2c3ccccc3c3cc4cccnc4cc3n12. The number of aryl methyl sites for hydroxylation is 2. The second kappa shape index (κ2) is 6.92. The van der Waals surface area contributed by atoms with Crippen molar-refractivity contribution in [3.63, 3.8) is 0 Å². The van der Waals surface area contributed by atoms with E-state index in [4.69, 9.17) is 4.98 Å². The molecule has 0 spiro atoms. The Balaban J connectivity index is 1.86. The Bertz CT molecular complexity index is 1590. The van der Waals surface area contributed by atoms with E-state index >= 15 is 0 Å². The fourth-order valence-corrected chi connectivity index (χ4v) is 4.96. The highest BCUT2D eigenvalue weighted by Gasteiger charge is 2.18. The first-order valence-electron chi connectivity index (χ1n) is 11.0. The van der Waals surface area contributed by atoms with Crippen LogP contribution in [0.15, 0.2) is 79.1 Å². The second-order valence-electron chi connectivity index (χ2n) is 8.07. The highest BCUT2D eigenvalue weighted by Crippen LogP contribution is 2.37. The van der Waals surface area contributed by atoms with Crippen LogP contribution in [-0.4, -0.2) is 14.4 Å². The van der Waals surface area contributed by atoms with Crippen LogP contribution in [0.2, 0.25) is 0 Å². The topological polar surface area (TPSA) is 30.2 Å². The van der Waals surface area contributed by atoms with Gasteiger partial charge in [0.1, 0.15) is 5.65 Å². The lowest BCUT2D eigenvalue weighted by Crippen LogP contribution is -1.99. The van der Waals surface area contributed by atoms with Crippen molar-refractivity contribution in [1.29, 1.82) is 0 Å². The van der Waals surface area contributed by atoms with Crippen LogP contribution in [0.1, 0.15) is 25.0 Å². The first-order valence-corrected chi connectivity index (χ1v) is 11.0. The summed E-state index contributed by atoms with van der Waals surface area (Å²) in [5.74, 6) is 0. The third-order valence-corrected chi connectivity index (χ3v) is 6.44. The third-order valence-electron chi connectivity index (χ3n) is 6.44. The average Bonchev–Trinajstić information content (AvgIpc) is 3.27. The number of rotatable bonds is 3. The highest BCUT2D eigenvalue weighted by atomic mass is 15.0. The van der Waals surface area contributed by atoms with Crippen LogP contribution in [0.4, 0.5) is 0 Å². The zero-order valence-corrected chi connectivity index (χ0v) is 17.8. The molecule has 6 aromatic rings. The number of imidazole rings is 1. The van der Waals surface area contributed by atoms with Crippen molar-refractivity contribution in [3.05, 3.63) is 90.3 Å². The molecule has 0 unspecified atom stereocenters. The van der Waals surface area contributed by atoms with E-state index in [1.807, 2.05) is 12.3 Å². The molecule has 31 heavy (non-hydrogen) atoms. The molecule has 0 fully saturated rings. The standard InChI is InChI=1S/C28H23N3/c1-3-18-9-7-10-19(4-2)27(18)26-17-30-28-22-13-6-5-12-21(22)23-15-20-11-8-14-29-24(20)16-25(23)31(26)28/h5-17H,3-4H2,1-2H3. The molecule has 150 valence electrons. The molecule has 0 bridgehead atoms. The van der Waals surface area contributed by atoms with Gasteiger partial charge in [-0.15, -0.1) is 0 Å². The van der Waals surface area contributed by atoms with Crippen molar-refractivity contribution in [3.8, 4) is 11.3 Å². The number of benzene rings is 3. The lowest BCUT2D eigenvalue weighted by molar-refractivity contribution is 1.08. The summed E-state index contributed by atoms with van der Waals surface area (Å²) in [6, 6.07) is 23.9. The van der Waals surface area contributed by atoms with E-state index in [9.17, 15) is 0 Å². The molecule has 0 aliphatic carbocycles. The van der Waals surface area contributed by atoms with Gasteiger partial charge in [-0.1, -0.05) is 62.4 Å². The van der Waals surface area contributed by atoms with Crippen LogP contribution in [0.3, 0.4) is 0 Å². The van der Waals surface area contributed by atoms with Gasteiger partial charge in [0, 0.05) is 27.9 Å². The molecule has 3 aromatic carbocycles. The van der Waals surface area contributed by atoms with Crippen LogP contribution >= 0.6 is 0 Å². The zero-order valence-electron chi connectivity index (χ0n) is 17.8. The molecule has 0 N–H and O–H groups in total. The van der Waals surface area contributed by atoms with Gasteiger partial charge in [0.05, 0.1) is 22.9 Å². The van der Waals surface area contributed by atoms with Gasteiger partial charge in [-0.05, 0) is 47.6 Å². The molecule has 0 radical (unpaired) electrons. The van der Waals surface area contributed by atoms with Crippen molar-refractivity contribution >= 4 is 38.2 Å². The van der Waals surface area contributed by atoms with E-state index < -0.39 is 0 Å². The molecular weight excluding hydrogens is 378 g/mol. The average molecular weight is 402 g/mol. The third kappa shape index (κ3) is 2.59. The van der Waals surface area contributed by atoms with E-state index in [1.165, 1.54) is 32.8 Å². The van der Waals surface area contributed by atoms with Crippen molar-refractivity contribution in [2.75, 3.05) is 0 Å². The molecule has 6 rings (SSSR count).